The highest BCUT2D eigenvalue weighted by atomic mass is 35.5. The number of carbonyl (C=O) groups is 1. The van der Waals surface area contributed by atoms with Crippen LogP contribution in [0, 0.1) is 0 Å². The molecule has 0 heterocycles. The number of hydrogen-bond acceptors (Lipinski definition) is 3. The summed E-state index contributed by atoms with van der Waals surface area (Å²) in [7, 11) is -1.70. The molecule has 1 atom stereocenters. The number of nitrogens with zero attached hydrogens (tertiary/aromatic N) is 1. The van der Waals surface area contributed by atoms with E-state index in [9.17, 15) is 18.3 Å². The second-order valence-electron chi connectivity index (χ2n) is 8.57. The standard InChI is InChI=1S/C24H31ClN2O4S/c1-3-14-32(30,31)27(2)17-18-6-4-7-19(15-18)22(16-26-23(28)29)24(12-5-13-24)20-8-10-21(25)11-9-20/h4,6-11,15,22,26H,3,5,12-14,16-17H2,1-2H3,(H,28,29). The van der Waals surface area contributed by atoms with Gasteiger partial charge in [-0.15, -0.1) is 0 Å². The molecule has 1 amide bonds. The third-order valence-electron chi connectivity index (χ3n) is 6.48. The fourth-order valence-corrected chi connectivity index (χ4v) is 5.98. The summed E-state index contributed by atoms with van der Waals surface area (Å²) in [6.45, 7) is 2.41. The topological polar surface area (TPSA) is 86.7 Å². The lowest BCUT2D eigenvalue weighted by molar-refractivity contribution is 0.173. The van der Waals surface area contributed by atoms with E-state index in [-0.39, 0.29) is 30.2 Å². The number of hydrogen-bond donors (Lipinski definition) is 2. The highest BCUT2D eigenvalue weighted by Crippen LogP contribution is 2.53. The van der Waals surface area contributed by atoms with Gasteiger partial charge < -0.3 is 10.4 Å². The lowest BCUT2D eigenvalue weighted by Crippen LogP contribution is -2.45. The number of amides is 1. The summed E-state index contributed by atoms with van der Waals surface area (Å²) in [6.07, 6.45) is 2.50. The molecule has 8 heteroatoms. The van der Waals surface area contributed by atoms with E-state index in [1.807, 2.05) is 55.5 Å². The molecular formula is C24H31ClN2O4S. The van der Waals surface area contributed by atoms with Crippen molar-refractivity contribution < 1.29 is 18.3 Å². The van der Waals surface area contributed by atoms with Crippen LogP contribution in [0.2, 0.25) is 5.02 Å². The molecule has 0 bridgehead atoms. The Kier molecular flexibility index (Phi) is 7.85. The van der Waals surface area contributed by atoms with Gasteiger partial charge in [-0.3, -0.25) is 0 Å². The second-order valence-corrected chi connectivity index (χ2v) is 11.2. The molecular weight excluding hydrogens is 448 g/mol. The van der Waals surface area contributed by atoms with Gasteiger partial charge in [-0.25, -0.2) is 17.5 Å². The fourth-order valence-electron chi connectivity index (χ4n) is 4.68. The van der Waals surface area contributed by atoms with Crippen molar-refractivity contribution in [2.45, 2.75) is 50.5 Å². The van der Waals surface area contributed by atoms with E-state index >= 15 is 0 Å². The number of sulfonamides is 1. The van der Waals surface area contributed by atoms with E-state index in [2.05, 4.69) is 5.32 Å². The summed E-state index contributed by atoms with van der Waals surface area (Å²) >= 11 is 6.11. The Morgan fingerprint density at radius 2 is 1.91 bits per heavy atom. The summed E-state index contributed by atoms with van der Waals surface area (Å²) in [4.78, 5) is 11.3. The molecule has 32 heavy (non-hydrogen) atoms. The van der Waals surface area contributed by atoms with Gasteiger partial charge in [0.1, 0.15) is 0 Å². The molecule has 2 aromatic rings. The van der Waals surface area contributed by atoms with E-state index in [4.69, 9.17) is 11.6 Å². The largest absolute Gasteiger partial charge is 0.465 e. The molecule has 6 nitrogen and oxygen atoms in total. The van der Waals surface area contributed by atoms with Crippen LogP contribution < -0.4 is 5.32 Å². The fraction of sp³-hybridized carbons (Fsp3) is 0.458. The van der Waals surface area contributed by atoms with Crippen LogP contribution in [0.25, 0.3) is 0 Å². The maximum Gasteiger partial charge on any atom is 0.404 e. The van der Waals surface area contributed by atoms with Gasteiger partial charge in [0.2, 0.25) is 10.0 Å². The molecule has 0 spiro atoms. The zero-order valence-corrected chi connectivity index (χ0v) is 20.1. The predicted octanol–water partition coefficient (Wildman–Crippen LogP) is 4.98. The Morgan fingerprint density at radius 1 is 1.22 bits per heavy atom. The van der Waals surface area contributed by atoms with E-state index in [0.717, 1.165) is 36.0 Å². The van der Waals surface area contributed by atoms with Crippen LogP contribution in [0.5, 0.6) is 0 Å². The molecule has 0 aromatic heterocycles. The Labute approximate surface area is 195 Å². The van der Waals surface area contributed by atoms with Crippen molar-refractivity contribution in [1.29, 1.82) is 0 Å². The van der Waals surface area contributed by atoms with Gasteiger partial charge >= 0.3 is 6.09 Å². The molecule has 174 valence electrons. The minimum atomic E-state index is -3.30. The van der Waals surface area contributed by atoms with Crippen molar-refractivity contribution in [3.63, 3.8) is 0 Å². The van der Waals surface area contributed by atoms with Gasteiger partial charge in [0.25, 0.3) is 0 Å². The molecule has 1 saturated carbocycles. The predicted molar refractivity (Wildman–Crippen MR) is 128 cm³/mol. The van der Waals surface area contributed by atoms with Crippen molar-refractivity contribution in [2.75, 3.05) is 19.3 Å². The monoisotopic (exact) mass is 478 g/mol. The molecule has 0 aliphatic heterocycles. The minimum absolute atomic E-state index is 0.0777. The Balaban J connectivity index is 1.95. The normalized spacial score (nSPS) is 16.4. The number of benzene rings is 2. The average Bonchev–Trinajstić information content (AvgIpc) is 2.70. The van der Waals surface area contributed by atoms with Crippen LogP contribution in [0.4, 0.5) is 4.79 Å². The summed E-state index contributed by atoms with van der Waals surface area (Å²) in [5.41, 5.74) is 2.85. The first-order valence-electron chi connectivity index (χ1n) is 10.9. The van der Waals surface area contributed by atoms with Gasteiger partial charge in [0.05, 0.1) is 5.75 Å². The third kappa shape index (κ3) is 5.45. The van der Waals surface area contributed by atoms with Gasteiger partial charge in [-0.1, -0.05) is 61.3 Å². The van der Waals surface area contributed by atoms with Crippen molar-refractivity contribution in [3.05, 3.63) is 70.2 Å². The first-order valence-corrected chi connectivity index (χ1v) is 12.9. The number of halogens is 1. The van der Waals surface area contributed by atoms with Crippen molar-refractivity contribution in [3.8, 4) is 0 Å². The summed E-state index contributed by atoms with van der Waals surface area (Å²) in [5, 5.41) is 12.5. The van der Waals surface area contributed by atoms with Gasteiger partial charge in [0.15, 0.2) is 0 Å². The average molecular weight is 479 g/mol. The van der Waals surface area contributed by atoms with E-state index in [1.54, 1.807) is 7.05 Å². The minimum Gasteiger partial charge on any atom is -0.465 e. The number of rotatable bonds is 10. The molecule has 0 saturated heterocycles. The highest BCUT2D eigenvalue weighted by Gasteiger charge is 2.46. The van der Waals surface area contributed by atoms with Crippen LogP contribution in [-0.4, -0.2) is 43.3 Å². The maximum absolute atomic E-state index is 12.4. The first kappa shape index (κ1) is 24.6. The summed E-state index contributed by atoms with van der Waals surface area (Å²) in [5.74, 6) is 0.0413. The van der Waals surface area contributed by atoms with Crippen molar-refractivity contribution in [1.82, 2.24) is 9.62 Å². The van der Waals surface area contributed by atoms with E-state index in [1.165, 1.54) is 4.31 Å². The van der Waals surface area contributed by atoms with Crippen molar-refractivity contribution in [2.24, 2.45) is 0 Å². The molecule has 1 aliphatic carbocycles. The maximum atomic E-state index is 12.4. The van der Waals surface area contributed by atoms with Crippen LogP contribution in [0.15, 0.2) is 48.5 Å². The lowest BCUT2D eigenvalue weighted by atomic mass is 9.56. The van der Waals surface area contributed by atoms with Gasteiger partial charge in [-0.2, -0.15) is 0 Å². The third-order valence-corrected chi connectivity index (χ3v) is 8.74. The van der Waals surface area contributed by atoms with E-state index < -0.39 is 16.1 Å². The molecule has 2 aromatic carbocycles. The highest BCUT2D eigenvalue weighted by molar-refractivity contribution is 7.89. The summed E-state index contributed by atoms with van der Waals surface area (Å²) in [6, 6.07) is 15.7. The Hall–Kier alpha value is -2.09. The smallest absolute Gasteiger partial charge is 0.404 e. The first-order chi connectivity index (χ1) is 15.2. The number of nitrogens with one attached hydrogen (secondary N) is 1. The zero-order valence-electron chi connectivity index (χ0n) is 18.6. The van der Waals surface area contributed by atoms with Crippen LogP contribution in [0.1, 0.15) is 55.2 Å². The Bertz CT molecular complexity index is 1040. The number of carboxylic acid groups (broad SMARTS) is 1. The molecule has 3 rings (SSSR count). The van der Waals surface area contributed by atoms with Crippen molar-refractivity contribution >= 4 is 27.7 Å². The van der Waals surface area contributed by atoms with Gasteiger partial charge in [0, 0.05) is 36.5 Å². The van der Waals surface area contributed by atoms with E-state index in [0.29, 0.717) is 11.4 Å². The molecule has 0 radical (unpaired) electrons. The van der Waals surface area contributed by atoms with Crippen LogP contribution in [-0.2, 0) is 22.0 Å². The molecule has 2 N–H and O–H groups in total. The molecule has 1 fully saturated rings. The quantitative estimate of drug-likeness (QED) is 0.504. The summed E-state index contributed by atoms with van der Waals surface area (Å²) < 4.78 is 26.2. The van der Waals surface area contributed by atoms with Crippen LogP contribution >= 0.6 is 11.6 Å². The SMILES string of the molecule is CCCS(=O)(=O)N(C)Cc1cccc(C(CNC(=O)O)C2(c3ccc(Cl)cc3)CCC2)c1. The molecule has 1 unspecified atom stereocenters. The van der Waals surface area contributed by atoms with Gasteiger partial charge in [-0.05, 0) is 48.1 Å². The second kappa shape index (κ2) is 10.2. The molecule has 1 aliphatic rings. The van der Waals surface area contributed by atoms with Crippen LogP contribution in [0.3, 0.4) is 0 Å². The lowest BCUT2D eigenvalue weighted by Gasteiger charge is -2.49. The Morgan fingerprint density at radius 3 is 2.47 bits per heavy atom. The zero-order chi connectivity index (χ0) is 23.4.